The van der Waals surface area contributed by atoms with Gasteiger partial charge in [-0.15, -0.1) is 0 Å². The number of hydrogen-bond acceptors (Lipinski definition) is 4. The highest BCUT2D eigenvalue weighted by Crippen LogP contribution is 2.07. The second kappa shape index (κ2) is 6.73. The number of rotatable bonds is 6. The third kappa shape index (κ3) is 4.22. The second-order valence-electron chi connectivity index (χ2n) is 3.03. The van der Waals surface area contributed by atoms with Crippen molar-refractivity contribution in [1.29, 1.82) is 0 Å². The first-order valence-electron chi connectivity index (χ1n) is 4.84. The fraction of sp³-hybridized carbons (Fsp3) is 0.400. The minimum Gasteiger partial charge on any atom is -0.383 e. The lowest BCUT2D eigenvalue weighted by atomic mass is 10.4. The molecule has 0 aromatic carbocycles. The minimum absolute atomic E-state index is 0.0162. The number of methoxy groups -OCH3 is 1. The fourth-order valence-corrected chi connectivity index (χ4v) is 1.03. The summed E-state index contributed by atoms with van der Waals surface area (Å²) in [5.41, 5.74) is 0. The van der Waals surface area contributed by atoms with E-state index in [0.29, 0.717) is 13.2 Å². The molecule has 2 N–H and O–H groups in total. The summed E-state index contributed by atoms with van der Waals surface area (Å²) < 4.78 is 17.8. The zero-order valence-electron chi connectivity index (χ0n) is 9.00. The van der Waals surface area contributed by atoms with Crippen LogP contribution in [0.3, 0.4) is 0 Å². The number of carbonyl (C=O) groups excluding carboxylic acids is 1. The maximum atomic E-state index is 13.1. The van der Waals surface area contributed by atoms with Crippen molar-refractivity contribution in [2.75, 3.05) is 32.1 Å². The summed E-state index contributed by atoms with van der Waals surface area (Å²) in [6.07, 6.45) is 1.45. The Morgan fingerprint density at radius 2 is 2.44 bits per heavy atom. The number of pyridine rings is 1. The third-order valence-corrected chi connectivity index (χ3v) is 1.80. The van der Waals surface area contributed by atoms with Crippen LogP contribution in [0.2, 0.25) is 0 Å². The predicted octanol–water partition coefficient (Wildman–Crippen LogP) is 0.395. The van der Waals surface area contributed by atoms with Gasteiger partial charge in [0.05, 0.1) is 13.2 Å². The Kier molecular flexibility index (Phi) is 5.21. The highest BCUT2D eigenvalue weighted by atomic mass is 19.1. The summed E-state index contributed by atoms with van der Waals surface area (Å²) in [4.78, 5) is 15.0. The van der Waals surface area contributed by atoms with E-state index in [1.807, 2.05) is 0 Å². The van der Waals surface area contributed by atoms with Crippen LogP contribution in [-0.4, -0.2) is 37.7 Å². The van der Waals surface area contributed by atoms with Crippen LogP contribution < -0.4 is 10.6 Å². The lowest BCUT2D eigenvalue weighted by molar-refractivity contribution is -0.119. The van der Waals surface area contributed by atoms with Crippen LogP contribution in [0, 0.1) is 5.82 Å². The Morgan fingerprint density at radius 1 is 1.62 bits per heavy atom. The van der Waals surface area contributed by atoms with Gasteiger partial charge in [-0.25, -0.2) is 9.37 Å². The number of carbonyl (C=O) groups is 1. The molecule has 1 amide bonds. The van der Waals surface area contributed by atoms with Crippen molar-refractivity contribution >= 4 is 11.7 Å². The topological polar surface area (TPSA) is 63.2 Å². The zero-order valence-corrected chi connectivity index (χ0v) is 9.00. The van der Waals surface area contributed by atoms with Gasteiger partial charge in [0.2, 0.25) is 5.91 Å². The third-order valence-electron chi connectivity index (χ3n) is 1.80. The predicted molar refractivity (Wildman–Crippen MR) is 57.6 cm³/mol. The molecule has 0 saturated carbocycles. The van der Waals surface area contributed by atoms with Gasteiger partial charge in [0.25, 0.3) is 0 Å². The van der Waals surface area contributed by atoms with Crippen molar-refractivity contribution in [3.63, 3.8) is 0 Å². The lowest BCUT2D eigenvalue weighted by Gasteiger charge is -2.06. The highest BCUT2D eigenvalue weighted by Gasteiger charge is 2.04. The number of nitrogens with one attached hydrogen (secondary N) is 2. The highest BCUT2D eigenvalue weighted by molar-refractivity contribution is 5.80. The Bertz CT molecular complexity index is 347. The zero-order chi connectivity index (χ0) is 11.8. The Morgan fingerprint density at radius 3 is 3.12 bits per heavy atom. The maximum absolute atomic E-state index is 13.1. The minimum atomic E-state index is -0.479. The first-order chi connectivity index (χ1) is 7.74. The van der Waals surface area contributed by atoms with Crippen LogP contribution in [-0.2, 0) is 9.53 Å². The Hall–Kier alpha value is -1.69. The van der Waals surface area contributed by atoms with E-state index in [9.17, 15) is 9.18 Å². The molecular formula is C10H14FN3O2. The summed E-state index contributed by atoms with van der Waals surface area (Å²) in [5, 5.41) is 5.20. The van der Waals surface area contributed by atoms with Crippen LogP contribution in [0.4, 0.5) is 10.2 Å². The standard InChI is InChI=1S/C10H14FN3O2/c1-16-6-5-12-9(15)7-14-10-8(11)3-2-4-13-10/h2-4H,5-7H2,1H3,(H,12,15)(H,13,14). The van der Waals surface area contributed by atoms with E-state index in [2.05, 4.69) is 15.6 Å². The van der Waals surface area contributed by atoms with Gasteiger partial charge in [-0.05, 0) is 12.1 Å². The number of nitrogens with zero attached hydrogens (tertiary/aromatic N) is 1. The van der Waals surface area contributed by atoms with E-state index in [1.165, 1.54) is 18.3 Å². The van der Waals surface area contributed by atoms with Crippen LogP contribution in [0.15, 0.2) is 18.3 Å². The first-order valence-corrected chi connectivity index (χ1v) is 4.84. The summed E-state index contributed by atoms with van der Waals surface area (Å²) in [7, 11) is 1.55. The molecule has 16 heavy (non-hydrogen) atoms. The van der Waals surface area contributed by atoms with E-state index in [-0.39, 0.29) is 18.3 Å². The van der Waals surface area contributed by atoms with E-state index in [0.717, 1.165) is 0 Å². The maximum Gasteiger partial charge on any atom is 0.239 e. The van der Waals surface area contributed by atoms with Crippen LogP contribution in [0.1, 0.15) is 0 Å². The molecule has 0 atom stereocenters. The molecule has 0 fully saturated rings. The average Bonchev–Trinajstić information content (AvgIpc) is 2.28. The summed E-state index contributed by atoms with van der Waals surface area (Å²) in [6, 6.07) is 2.76. The molecule has 1 aromatic heterocycles. The van der Waals surface area contributed by atoms with Gasteiger partial charge < -0.3 is 15.4 Å². The van der Waals surface area contributed by atoms with Crippen LogP contribution >= 0.6 is 0 Å². The van der Waals surface area contributed by atoms with Crippen molar-refractivity contribution in [3.05, 3.63) is 24.1 Å². The molecule has 1 heterocycles. The normalized spacial score (nSPS) is 9.88. The molecule has 0 spiro atoms. The molecule has 0 unspecified atom stereocenters. The molecule has 5 nitrogen and oxygen atoms in total. The molecule has 0 saturated heterocycles. The van der Waals surface area contributed by atoms with Crippen molar-refractivity contribution in [3.8, 4) is 0 Å². The molecule has 0 radical (unpaired) electrons. The van der Waals surface area contributed by atoms with Crippen molar-refractivity contribution < 1.29 is 13.9 Å². The summed E-state index contributed by atoms with van der Waals surface area (Å²) in [6.45, 7) is 0.864. The number of anilines is 1. The molecule has 0 aliphatic heterocycles. The second-order valence-corrected chi connectivity index (χ2v) is 3.03. The molecule has 0 bridgehead atoms. The summed E-state index contributed by atoms with van der Waals surface area (Å²) >= 11 is 0. The molecule has 1 aromatic rings. The van der Waals surface area contributed by atoms with Gasteiger partial charge in [0, 0.05) is 19.9 Å². The first kappa shape index (κ1) is 12.4. The largest absolute Gasteiger partial charge is 0.383 e. The van der Waals surface area contributed by atoms with E-state index in [1.54, 1.807) is 7.11 Å². The molecule has 88 valence electrons. The monoisotopic (exact) mass is 227 g/mol. The SMILES string of the molecule is COCCNC(=O)CNc1ncccc1F. The van der Waals surface area contributed by atoms with Crippen LogP contribution in [0.5, 0.6) is 0 Å². The fourth-order valence-electron chi connectivity index (χ4n) is 1.03. The van der Waals surface area contributed by atoms with Crippen molar-refractivity contribution in [2.45, 2.75) is 0 Å². The van der Waals surface area contributed by atoms with Gasteiger partial charge in [0.15, 0.2) is 11.6 Å². The van der Waals surface area contributed by atoms with Gasteiger partial charge in [-0.1, -0.05) is 0 Å². The molecule has 1 rings (SSSR count). The number of amides is 1. The Balaban J connectivity index is 2.29. The van der Waals surface area contributed by atoms with Gasteiger partial charge >= 0.3 is 0 Å². The lowest BCUT2D eigenvalue weighted by Crippen LogP contribution is -2.32. The molecule has 0 aliphatic rings. The van der Waals surface area contributed by atoms with Gasteiger partial charge in [-0.3, -0.25) is 4.79 Å². The summed E-state index contributed by atoms with van der Waals surface area (Å²) in [5.74, 6) is -0.640. The van der Waals surface area contributed by atoms with E-state index >= 15 is 0 Å². The number of halogens is 1. The smallest absolute Gasteiger partial charge is 0.239 e. The van der Waals surface area contributed by atoms with Crippen LogP contribution in [0.25, 0.3) is 0 Å². The number of aromatic nitrogens is 1. The van der Waals surface area contributed by atoms with E-state index < -0.39 is 5.82 Å². The Labute approximate surface area is 93.0 Å². The molecule has 6 heteroatoms. The van der Waals surface area contributed by atoms with Gasteiger partial charge in [-0.2, -0.15) is 0 Å². The van der Waals surface area contributed by atoms with E-state index in [4.69, 9.17) is 4.74 Å². The average molecular weight is 227 g/mol. The number of hydrogen-bond donors (Lipinski definition) is 2. The molecule has 0 aliphatic carbocycles. The number of ether oxygens (including phenoxy) is 1. The molecular weight excluding hydrogens is 213 g/mol. The van der Waals surface area contributed by atoms with Crippen molar-refractivity contribution in [1.82, 2.24) is 10.3 Å². The van der Waals surface area contributed by atoms with Gasteiger partial charge in [0.1, 0.15) is 0 Å². The quantitative estimate of drug-likeness (QED) is 0.690. The van der Waals surface area contributed by atoms with Crippen molar-refractivity contribution in [2.24, 2.45) is 0 Å².